The fourth-order valence-corrected chi connectivity index (χ4v) is 3.96. The SMILES string of the molecule is O=C1NC[C@@H]2[C@H]1CCCN2c1ccc2c(Cl)ccc(Cl)c2n1. The van der Waals surface area contributed by atoms with Crippen LogP contribution in [0.25, 0.3) is 10.9 Å². The van der Waals surface area contributed by atoms with E-state index in [1.807, 2.05) is 12.1 Å². The van der Waals surface area contributed by atoms with Crippen LogP contribution in [0.1, 0.15) is 12.8 Å². The van der Waals surface area contributed by atoms with Crippen molar-refractivity contribution in [3.63, 3.8) is 0 Å². The lowest BCUT2D eigenvalue weighted by Crippen LogP contribution is -2.46. The molecule has 22 heavy (non-hydrogen) atoms. The zero-order chi connectivity index (χ0) is 15.3. The fraction of sp³-hybridized carbons (Fsp3) is 0.375. The minimum atomic E-state index is 0.0704. The summed E-state index contributed by atoms with van der Waals surface area (Å²) in [5, 5.41) is 5.06. The Labute approximate surface area is 138 Å². The van der Waals surface area contributed by atoms with Crippen molar-refractivity contribution < 1.29 is 4.79 Å². The number of anilines is 1. The molecule has 1 aromatic heterocycles. The van der Waals surface area contributed by atoms with Gasteiger partial charge < -0.3 is 10.2 Å². The average molecular weight is 336 g/mol. The third-order valence-electron chi connectivity index (χ3n) is 4.64. The van der Waals surface area contributed by atoms with Crippen molar-refractivity contribution in [1.82, 2.24) is 10.3 Å². The Kier molecular flexibility index (Phi) is 3.39. The van der Waals surface area contributed by atoms with E-state index in [1.54, 1.807) is 12.1 Å². The Bertz CT molecular complexity index is 764. The van der Waals surface area contributed by atoms with Crippen LogP contribution in [0.5, 0.6) is 0 Å². The molecule has 2 aromatic rings. The molecule has 1 aromatic carbocycles. The number of piperidine rings is 1. The summed E-state index contributed by atoms with van der Waals surface area (Å²) >= 11 is 12.5. The lowest BCUT2D eigenvalue weighted by Gasteiger charge is -2.36. The molecule has 1 amide bonds. The van der Waals surface area contributed by atoms with E-state index in [4.69, 9.17) is 28.2 Å². The predicted molar refractivity (Wildman–Crippen MR) is 88.6 cm³/mol. The summed E-state index contributed by atoms with van der Waals surface area (Å²) in [5.74, 6) is 1.10. The van der Waals surface area contributed by atoms with Crippen molar-refractivity contribution in [2.45, 2.75) is 18.9 Å². The molecular formula is C16H15Cl2N3O. The molecular weight excluding hydrogens is 321 g/mol. The molecule has 1 N–H and O–H groups in total. The van der Waals surface area contributed by atoms with E-state index in [1.165, 1.54) is 0 Å². The van der Waals surface area contributed by atoms with Crippen LogP contribution in [0.2, 0.25) is 10.0 Å². The Hall–Kier alpha value is -1.52. The number of nitrogens with one attached hydrogen (secondary N) is 1. The number of hydrogen-bond donors (Lipinski definition) is 1. The summed E-state index contributed by atoms with van der Waals surface area (Å²) in [5.41, 5.74) is 0.714. The third-order valence-corrected chi connectivity index (χ3v) is 5.27. The van der Waals surface area contributed by atoms with Crippen LogP contribution in [-0.4, -0.2) is 30.0 Å². The largest absolute Gasteiger partial charge is 0.354 e. The van der Waals surface area contributed by atoms with E-state index in [9.17, 15) is 4.79 Å². The second-order valence-electron chi connectivity index (χ2n) is 5.85. The highest BCUT2D eigenvalue weighted by Gasteiger charge is 2.41. The van der Waals surface area contributed by atoms with Gasteiger partial charge in [0.05, 0.1) is 27.5 Å². The number of pyridine rings is 1. The predicted octanol–water partition coefficient (Wildman–Crippen LogP) is 3.26. The quantitative estimate of drug-likeness (QED) is 0.869. The normalized spacial score (nSPS) is 24.5. The highest BCUT2D eigenvalue weighted by molar-refractivity contribution is 6.39. The smallest absolute Gasteiger partial charge is 0.225 e. The van der Waals surface area contributed by atoms with Crippen LogP contribution >= 0.6 is 23.2 Å². The van der Waals surface area contributed by atoms with Crippen LogP contribution in [0.3, 0.4) is 0 Å². The topological polar surface area (TPSA) is 45.2 Å². The molecule has 3 heterocycles. The van der Waals surface area contributed by atoms with Gasteiger partial charge in [-0.3, -0.25) is 4.79 Å². The van der Waals surface area contributed by atoms with Gasteiger partial charge in [0.1, 0.15) is 5.82 Å². The molecule has 0 spiro atoms. The second-order valence-corrected chi connectivity index (χ2v) is 6.66. The molecule has 4 rings (SSSR count). The maximum absolute atomic E-state index is 11.9. The van der Waals surface area contributed by atoms with Crippen LogP contribution in [0, 0.1) is 5.92 Å². The van der Waals surface area contributed by atoms with Crippen molar-refractivity contribution in [2.75, 3.05) is 18.0 Å². The first-order chi connectivity index (χ1) is 10.6. The zero-order valence-electron chi connectivity index (χ0n) is 11.9. The molecule has 2 saturated heterocycles. The first-order valence-electron chi connectivity index (χ1n) is 7.44. The number of hydrogen-bond acceptors (Lipinski definition) is 3. The molecule has 0 saturated carbocycles. The standard InChI is InChI=1S/C16H15Cl2N3O/c17-11-4-5-12(18)15-9(11)3-6-14(20-15)21-7-1-2-10-13(21)8-19-16(10)22/h3-6,10,13H,1-2,7-8H2,(H,19,22)/t10-,13-/m1/s1. The fourth-order valence-electron chi connectivity index (χ4n) is 3.53. The summed E-state index contributed by atoms with van der Waals surface area (Å²) < 4.78 is 0. The number of carbonyl (C=O) groups excluding carboxylic acids is 1. The number of amides is 1. The number of rotatable bonds is 1. The number of benzene rings is 1. The zero-order valence-corrected chi connectivity index (χ0v) is 13.4. The molecule has 4 nitrogen and oxygen atoms in total. The molecule has 0 bridgehead atoms. The number of aromatic nitrogens is 1. The Morgan fingerprint density at radius 1 is 1.18 bits per heavy atom. The van der Waals surface area contributed by atoms with Crippen molar-refractivity contribution in [3.05, 3.63) is 34.3 Å². The van der Waals surface area contributed by atoms with Gasteiger partial charge in [-0.15, -0.1) is 0 Å². The monoisotopic (exact) mass is 335 g/mol. The summed E-state index contributed by atoms with van der Waals surface area (Å²) in [7, 11) is 0. The number of halogens is 2. The molecule has 2 aliphatic heterocycles. The Morgan fingerprint density at radius 2 is 2.00 bits per heavy atom. The van der Waals surface area contributed by atoms with E-state index in [0.717, 1.165) is 30.6 Å². The Balaban J connectivity index is 1.78. The molecule has 2 atom stereocenters. The molecule has 2 aliphatic rings. The van der Waals surface area contributed by atoms with Gasteiger partial charge in [0.15, 0.2) is 0 Å². The Morgan fingerprint density at radius 3 is 2.86 bits per heavy atom. The van der Waals surface area contributed by atoms with Gasteiger partial charge in [-0.25, -0.2) is 4.98 Å². The average Bonchev–Trinajstić information content (AvgIpc) is 2.92. The van der Waals surface area contributed by atoms with Crippen LogP contribution < -0.4 is 10.2 Å². The molecule has 2 fully saturated rings. The van der Waals surface area contributed by atoms with Crippen LogP contribution in [-0.2, 0) is 4.79 Å². The van der Waals surface area contributed by atoms with E-state index < -0.39 is 0 Å². The lowest BCUT2D eigenvalue weighted by atomic mass is 9.91. The first-order valence-corrected chi connectivity index (χ1v) is 8.20. The highest BCUT2D eigenvalue weighted by atomic mass is 35.5. The minimum Gasteiger partial charge on any atom is -0.354 e. The van der Waals surface area contributed by atoms with E-state index in [-0.39, 0.29) is 17.9 Å². The number of carbonyl (C=O) groups is 1. The lowest BCUT2D eigenvalue weighted by molar-refractivity contribution is -0.122. The number of nitrogens with zero attached hydrogens (tertiary/aromatic N) is 2. The van der Waals surface area contributed by atoms with Gasteiger partial charge >= 0.3 is 0 Å². The molecule has 0 radical (unpaired) electrons. The van der Waals surface area contributed by atoms with Gasteiger partial charge in [0, 0.05) is 18.5 Å². The van der Waals surface area contributed by atoms with E-state index in [2.05, 4.69) is 10.2 Å². The van der Waals surface area contributed by atoms with Crippen LogP contribution in [0.4, 0.5) is 5.82 Å². The van der Waals surface area contributed by atoms with Gasteiger partial charge in [0.25, 0.3) is 0 Å². The first kappa shape index (κ1) is 14.1. The van der Waals surface area contributed by atoms with Crippen molar-refractivity contribution in [1.29, 1.82) is 0 Å². The maximum Gasteiger partial charge on any atom is 0.225 e. The van der Waals surface area contributed by atoms with Crippen LogP contribution in [0.15, 0.2) is 24.3 Å². The molecule has 0 aliphatic carbocycles. The summed E-state index contributed by atoms with van der Waals surface area (Å²) in [6, 6.07) is 7.66. The summed E-state index contributed by atoms with van der Waals surface area (Å²) in [4.78, 5) is 18.8. The van der Waals surface area contributed by atoms with E-state index >= 15 is 0 Å². The minimum absolute atomic E-state index is 0.0704. The third kappa shape index (κ3) is 2.13. The molecule has 6 heteroatoms. The second kappa shape index (κ2) is 5.28. The highest BCUT2D eigenvalue weighted by Crippen LogP contribution is 2.34. The van der Waals surface area contributed by atoms with Gasteiger partial charge in [-0.2, -0.15) is 0 Å². The maximum atomic E-state index is 11.9. The molecule has 114 valence electrons. The van der Waals surface area contributed by atoms with Gasteiger partial charge in [-0.1, -0.05) is 23.2 Å². The number of fused-ring (bicyclic) bond motifs is 2. The van der Waals surface area contributed by atoms with Crippen molar-refractivity contribution in [3.8, 4) is 0 Å². The summed E-state index contributed by atoms with van der Waals surface area (Å²) in [6.45, 7) is 1.60. The van der Waals surface area contributed by atoms with Gasteiger partial charge in [-0.05, 0) is 37.1 Å². The van der Waals surface area contributed by atoms with Crippen molar-refractivity contribution >= 4 is 45.8 Å². The van der Waals surface area contributed by atoms with Gasteiger partial charge in [0.2, 0.25) is 5.91 Å². The van der Waals surface area contributed by atoms with Crippen molar-refractivity contribution in [2.24, 2.45) is 5.92 Å². The molecule has 0 unspecified atom stereocenters. The summed E-state index contributed by atoms with van der Waals surface area (Å²) in [6.07, 6.45) is 1.95. The van der Waals surface area contributed by atoms with E-state index in [0.29, 0.717) is 22.1 Å².